The Balaban J connectivity index is 2.24. The number of nitrogens with one attached hydrogen (secondary N) is 1. The molecule has 1 amide bonds. The lowest BCUT2D eigenvalue weighted by molar-refractivity contribution is 0.0696. The van der Waals surface area contributed by atoms with Crippen LogP contribution in [0.1, 0.15) is 20.7 Å². The van der Waals surface area contributed by atoms with Crippen LogP contribution < -0.4 is 5.32 Å². The third-order valence-electron chi connectivity index (χ3n) is 2.54. The second-order valence-electron chi connectivity index (χ2n) is 3.96. The van der Waals surface area contributed by atoms with Crippen LogP contribution >= 0.6 is 34.2 Å². The van der Waals surface area contributed by atoms with Crippen molar-refractivity contribution in [3.63, 3.8) is 0 Å². The molecule has 0 radical (unpaired) electrons. The molecule has 0 bridgehead atoms. The van der Waals surface area contributed by atoms with E-state index in [9.17, 15) is 9.59 Å². The van der Waals surface area contributed by atoms with Crippen LogP contribution in [0.25, 0.3) is 0 Å². The van der Waals surface area contributed by atoms with Crippen LogP contribution in [0.5, 0.6) is 0 Å². The summed E-state index contributed by atoms with van der Waals surface area (Å²) < 4.78 is 0.942. The van der Waals surface area contributed by atoms with Crippen molar-refractivity contribution in [2.75, 3.05) is 5.32 Å². The fourth-order valence-electron chi connectivity index (χ4n) is 1.60. The minimum absolute atomic E-state index is 0.0490. The molecule has 0 aromatic heterocycles. The van der Waals surface area contributed by atoms with E-state index in [1.807, 2.05) is 6.07 Å². The van der Waals surface area contributed by atoms with Gasteiger partial charge in [0, 0.05) is 14.8 Å². The van der Waals surface area contributed by atoms with Crippen molar-refractivity contribution >= 4 is 51.8 Å². The van der Waals surface area contributed by atoms with Gasteiger partial charge in [0.25, 0.3) is 5.91 Å². The van der Waals surface area contributed by atoms with Crippen molar-refractivity contribution in [3.05, 3.63) is 62.2 Å². The van der Waals surface area contributed by atoms with E-state index in [0.29, 0.717) is 11.3 Å². The summed E-state index contributed by atoms with van der Waals surface area (Å²) in [7, 11) is 0. The Labute approximate surface area is 133 Å². The number of amides is 1. The number of anilines is 1. The largest absolute Gasteiger partial charge is 0.478 e. The number of rotatable bonds is 3. The van der Waals surface area contributed by atoms with Crippen molar-refractivity contribution in [1.82, 2.24) is 0 Å². The van der Waals surface area contributed by atoms with Crippen LogP contribution in [0, 0.1) is 3.57 Å². The van der Waals surface area contributed by atoms with Crippen molar-refractivity contribution < 1.29 is 14.7 Å². The van der Waals surface area contributed by atoms with Gasteiger partial charge in [-0.1, -0.05) is 17.7 Å². The van der Waals surface area contributed by atoms with Gasteiger partial charge >= 0.3 is 5.97 Å². The normalized spacial score (nSPS) is 10.1. The van der Waals surface area contributed by atoms with Crippen LogP contribution in [-0.2, 0) is 0 Å². The highest BCUT2D eigenvalue weighted by Crippen LogP contribution is 2.21. The number of carbonyl (C=O) groups is 2. The van der Waals surface area contributed by atoms with E-state index in [1.165, 1.54) is 12.1 Å². The van der Waals surface area contributed by atoms with E-state index in [0.717, 1.165) is 3.57 Å². The predicted octanol–water partition coefficient (Wildman–Crippen LogP) is 3.90. The van der Waals surface area contributed by atoms with Crippen LogP contribution in [0.4, 0.5) is 5.69 Å². The van der Waals surface area contributed by atoms with E-state index >= 15 is 0 Å². The first-order valence-corrected chi connectivity index (χ1v) is 7.03. The summed E-state index contributed by atoms with van der Waals surface area (Å²) >= 11 is 7.88. The molecule has 0 saturated heterocycles. The smallest absolute Gasteiger partial charge is 0.337 e. The highest BCUT2D eigenvalue weighted by Gasteiger charge is 2.11. The highest BCUT2D eigenvalue weighted by molar-refractivity contribution is 14.1. The topological polar surface area (TPSA) is 66.4 Å². The maximum Gasteiger partial charge on any atom is 0.337 e. The van der Waals surface area contributed by atoms with Crippen LogP contribution in [0.2, 0.25) is 5.02 Å². The second-order valence-corrected chi connectivity index (χ2v) is 5.62. The molecular weight excluding hydrogens is 393 g/mol. The Hall–Kier alpha value is -1.60. The molecule has 2 N–H and O–H groups in total. The Morgan fingerprint density at radius 2 is 1.90 bits per heavy atom. The van der Waals surface area contributed by atoms with E-state index in [4.69, 9.17) is 16.7 Å². The van der Waals surface area contributed by atoms with E-state index in [1.54, 1.807) is 24.3 Å². The van der Waals surface area contributed by atoms with Crippen LogP contribution in [-0.4, -0.2) is 17.0 Å². The lowest BCUT2D eigenvalue weighted by Crippen LogP contribution is -2.12. The fraction of sp³-hybridized carbons (Fsp3) is 0. The maximum atomic E-state index is 12.0. The van der Waals surface area contributed by atoms with Crippen LogP contribution in [0.15, 0.2) is 42.5 Å². The standard InChI is InChI=1S/C14H9ClINO3/c15-12-5-4-10(7-11(12)14(19)20)17-13(18)8-2-1-3-9(16)6-8/h1-7H,(H,17,18)(H,19,20). The van der Waals surface area contributed by atoms with E-state index < -0.39 is 5.97 Å². The first-order valence-electron chi connectivity index (χ1n) is 5.57. The maximum absolute atomic E-state index is 12.0. The summed E-state index contributed by atoms with van der Waals surface area (Å²) in [5.41, 5.74) is 0.839. The fourth-order valence-corrected chi connectivity index (χ4v) is 2.34. The molecular formula is C14H9ClINO3. The molecule has 2 rings (SSSR count). The monoisotopic (exact) mass is 401 g/mol. The SMILES string of the molecule is O=C(Nc1ccc(Cl)c(C(=O)O)c1)c1cccc(I)c1. The van der Waals surface area contributed by atoms with Crippen molar-refractivity contribution in [2.24, 2.45) is 0 Å². The summed E-state index contributed by atoms with van der Waals surface area (Å²) in [4.78, 5) is 23.0. The first kappa shape index (κ1) is 14.8. The predicted molar refractivity (Wildman–Crippen MR) is 85.5 cm³/mol. The quantitative estimate of drug-likeness (QED) is 0.767. The lowest BCUT2D eigenvalue weighted by atomic mass is 10.1. The number of carboxylic acid groups (broad SMARTS) is 1. The lowest BCUT2D eigenvalue weighted by Gasteiger charge is -2.07. The van der Waals surface area contributed by atoms with Crippen molar-refractivity contribution in [1.29, 1.82) is 0 Å². The van der Waals surface area contributed by atoms with Gasteiger partial charge in [0.1, 0.15) is 0 Å². The molecule has 0 fully saturated rings. The van der Waals surface area contributed by atoms with Gasteiger partial charge in [0.2, 0.25) is 0 Å². The van der Waals surface area contributed by atoms with E-state index in [2.05, 4.69) is 27.9 Å². The summed E-state index contributed by atoms with van der Waals surface area (Å²) in [6.45, 7) is 0. The Bertz CT molecular complexity index is 688. The van der Waals surface area contributed by atoms with E-state index in [-0.39, 0.29) is 16.5 Å². The summed E-state index contributed by atoms with van der Waals surface area (Å²) in [5.74, 6) is -1.44. The third-order valence-corrected chi connectivity index (χ3v) is 3.54. The number of aromatic carboxylic acids is 1. The van der Waals surface area contributed by atoms with Gasteiger partial charge in [-0.15, -0.1) is 0 Å². The Morgan fingerprint density at radius 3 is 2.55 bits per heavy atom. The first-order chi connectivity index (χ1) is 9.47. The van der Waals surface area contributed by atoms with Gasteiger partial charge in [-0.2, -0.15) is 0 Å². The van der Waals surface area contributed by atoms with Gasteiger partial charge in [-0.3, -0.25) is 4.79 Å². The number of halogens is 2. The highest BCUT2D eigenvalue weighted by atomic mass is 127. The molecule has 0 aliphatic carbocycles. The molecule has 0 heterocycles. The number of hydrogen-bond donors (Lipinski definition) is 2. The number of hydrogen-bond acceptors (Lipinski definition) is 2. The minimum Gasteiger partial charge on any atom is -0.478 e. The van der Waals surface area contributed by atoms with Gasteiger partial charge in [0.15, 0.2) is 0 Å². The zero-order chi connectivity index (χ0) is 14.7. The van der Waals surface area contributed by atoms with Gasteiger partial charge in [-0.25, -0.2) is 4.79 Å². The van der Waals surface area contributed by atoms with Crippen molar-refractivity contribution in [3.8, 4) is 0 Å². The van der Waals surface area contributed by atoms with Gasteiger partial charge in [0.05, 0.1) is 10.6 Å². The summed E-state index contributed by atoms with van der Waals surface area (Å²) in [5, 5.41) is 11.8. The molecule has 0 aliphatic heterocycles. The molecule has 20 heavy (non-hydrogen) atoms. The molecule has 6 heteroatoms. The molecule has 2 aromatic carbocycles. The number of benzene rings is 2. The molecule has 0 aliphatic rings. The Morgan fingerprint density at radius 1 is 1.15 bits per heavy atom. The molecule has 0 unspecified atom stereocenters. The summed E-state index contributed by atoms with van der Waals surface area (Å²) in [6, 6.07) is 11.4. The minimum atomic E-state index is -1.14. The number of carbonyl (C=O) groups excluding carboxylic acids is 1. The average Bonchev–Trinajstić information content (AvgIpc) is 2.40. The zero-order valence-electron chi connectivity index (χ0n) is 10.1. The Kier molecular flexibility index (Phi) is 4.61. The second kappa shape index (κ2) is 6.23. The zero-order valence-corrected chi connectivity index (χ0v) is 13.0. The average molecular weight is 402 g/mol. The van der Waals surface area contributed by atoms with Crippen molar-refractivity contribution in [2.45, 2.75) is 0 Å². The molecule has 102 valence electrons. The third kappa shape index (κ3) is 3.49. The summed E-state index contributed by atoms with van der Waals surface area (Å²) in [6.07, 6.45) is 0. The number of carboxylic acids is 1. The van der Waals surface area contributed by atoms with Gasteiger partial charge in [-0.05, 0) is 59.0 Å². The molecule has 0 saturated carbocycles. The van der Waals surface area contributed by atoms with Crippen LogP contribution in [0.3, 0.4) is 0 Å². The molecule has 4 nitrogen and oxygen atoms in total. The molecule has 0 atom stereocenters. The molecule has 2 aromatic rings. The molecule has 0 spiro atoms. The van der Waals surface area contributed by atoms with Gasteiger partial charge < -0.3 is 10.4 Å².